The normalized spacial score (nSPS) is 16.9. The molecule has 1 amide bonds. The Morgan fingerprint density at radius 1 is 1.65 bits per heavy atom. The van der Waals surface area contributed by atoms with Crippen molar-refractivity contribution in [3.63, 3.8) is 0 Å². The molecule has 1 aromatic rings. The molecule has 0 unspecified atom stereocenters. The van der Waals surface area contributed by atoms with Gasteiger partial charge in [0.05, 0.1) is 6.07 Å². The fourth-order valence-electron chi connectivity index (χ4n) is 1.90. The van der Waals surface area contributed by atoms with Gasteiger partial charge in [-0.05, 0) is 25.7 Å². The number of aryl methyl sites for hydroxylation is 1. The van der Waals surface area contributed by atoms with E-state index in [9.17, 15) is 4.79 Å². The summed E-state index contributed by atoms with van der Waals surface area (Å²) in [6, 6.07) is 2.13. The molecular weight excluding hydrogens is 218 g/mol. The number of nitrogens with one attached hydrogen (secondary N) is 2. The van der Waals surface area contributed by atoms with Crippen molar-refractivity contribution in [2.45, 2.75) is 32.1 Å². The lowest BCUT2D eigenvalue weighted by molar-refractivity contribution is -0.131. The van der Waals surface area contributed by atoms with Crippen molar-refractivity contribution in [1.82, 2.24) is 20.5 Å². The summed E-state index contributed by atoms with van der Waals surface area (Å²) < 4.78 is 0. The Bertz CT molecular complexity index is 416. The highest BCUT2D eigenvalue weighted by atomic mass is 16.2. The van der Waals surface area contributed by atoms with E-state index in [4.69, 9.17) is 5.26 Å². The lowest BCUT2D eigenvalue weighted by Crippen LogP contribution is -2.45. The first-order valence-corrected chi connectivity index (χ1v) is 5.81. The maximum atomic E-state index is 11.8. The molecule has 6 nitrogen and oxygen atoms in total. The molecule has 0 bridgehead atoms. The van der Waals surface area contributed by atoms with Crippen LogP contribution in [0.2, 0.25) is 0 Å². The molecule has 1 heterocycles. The smallest absolute Gasteiger partial charge is 0.240 e. The van der Waals surface area contributed by atoms with E-state index in [1.54, 1.807) is 0 Å². The minimum atomic E-state index is -0.744. The number of carbonyl (C=O) groups is 1. The van der Waals surface area contributed by atoms with E-state index in [2.05, 4.69) is 26.6 Å². The van der Waals surface area contributed by atoms with Gasteiger partial charge in [-0.2, -0.15) is 10.4 Å². The van der Waals surface area contributed by atoms with Gasteiger partial charge in [0.25, 0.3) is 0 Å². The average Bonchev–Trinajstić information content (AvgIpc) is 2.76. The van der Waals surface area contributed by atoms with Crippen molar-refractivity contribution in [1.29, 1.82) is 5.26 Å². The second kappa shape index (κ2) is 4.95. The van der Waals surface area contributed by atoms with Gasteiger partial charge in [-0.1, -0.05) is 0 Å². The maximum Gasteiger partial charge on any atom is 0.240 e. The van der Waals surface area contributed by atoms with Crippen LogP contribution < -0.4 is 5.32 Å². The zero-order valence-corrected chi connectivity index (χ0v) is 9.57. The summed E-state index contributed by atoms with van der Waals surface area (Å²) in [7, 11) is 0. The van der Waals surface area contributed by atoms with Crippen LogP contribution in [0.25, 0.3) is 0 Å². The summed E-state index contributed by atoms with van der Waals surface area (Å²) in [5.74, 6) is 0.696. The lowest BCUT2D eigenvalue weighted by Gasteiger charge is -2.33. The maximum absolute atomic E-state index is 11.8. The van der Waals surface area contributed by atoms with E-state index in [1.807, 2.05) is 0 Å². The predicted octanol–water partition coefficient (Wildman–Crippen LogP) is 0.547. The topological polar surface area (TPSA) is 94.5 Å². The SMILES string of the molecule is N#CC1(C(=O)NCCCc2ncn[nH]2)CCC1. The second-order valence-electron chi connectivity index (χ2n) is 4.34. The number of nitrogens with zero attached hydrogens (tertiary/aromatic N) is 3. The monoisotopic (exact) mass is 233 g/mol. The van der Waals surface area contributed by atoms with Crippen molar-refractivity contribution in [3.8, 4) is 6.07 Å². The molecular formula is C11H15N5O. The third-order valence-electron chi connectivity index (χ3n) is 3.20. The van der Waals surface area contributed by atoms with Gasteiger partial charge in [0.2, 0.25) is 5.91 Å². The van der Waals surface area contributed by atoms with Crippen LogP contribution in [0.15, 0.2) is 6.33 Å². The fraction of sp³-hybridized carbons (Fsp3) is 0.636. The minimum absolute atomic E-state index is 0.121. The third-order valence-corrected chi connectivity index (χ3v) is 3.20. The quantitative estimate of drug-likeness (QED) is 0.726. The van der Waals surface area contributed by atoms with Gasteiger partial charge in [0, 0.05) is 13.0 Å². The number of carbonyl (C=O) groups excluding carboxylic acids is 1. The van der Waals surface area contributed by atoms with Crippen LogP contribution in [0, 0.1) is 16.7 Å². The summed E-state index contributed by atoms with van der Waals surface area (Å²) in [6.07, 6.45) is 5.36. The molecule has 0 saturated heterocycles. The number of hydrogen-bond acceptors (Lipinski definition) is 4. The molecule has 17 heavy (non-hydrogen) atoms. The summed E-state index contributed by atoms with van der Waals surface area (Å²) in [5, 5.41) is 18.3. The first-order chi connectivity index (χ1) is 8.27. The lowest BCUT2D eigenvalue weighted by atomic mass is 9.69. The van der Waals surface area contributed by atoms with Crippen LogP contribution in [0.3, 0.4) is 0 Å². The number of H-pyrrole nitrogens is 1. The van der Waals surface area contributed by atoms with E-state index < -0.39 is 5.41 Å². The summed E-state index contributed by atoms with van der Waals surface area (Å²) in [4.78, 5) is 15.8. The standard InChI is InChI=1S/C11H15N5O/c12-7-11(4-2-5-11)10(17)13-6-1-3-9-14-8-15-16-9/h8H,1-6H2,(H,13,17)(H,14,15,16). The molecule has 90 valence electrons. The van der Waals surface area contributed by atoms with Gasteiger partial charge in [0.15, 0.2) is 0 Å². The van der Waals surface area contributed by atoms with Gasteiger partial charge in [-0.15, -0.1) is 0 Å². The Morgan fingerprint density at radius 3 is 3.00 bits per heavy atom. The summed E-state index contributed by atoms with van der Waals surface area (Å²) in [5.41, 5.74) is -0.744. The largest absolute Gasteiger partial charge is 0.355 e. The van der Waals surface area contributed by atoms with Gasteiger partial charge in [-0.25, -0.2) is 4.98 Å². The van der Waals surface area contributed by atoms with Crippen LogP contribution in [0.5, 0.6) is 0 Å². The third kappa shape index (κ3) is 2.44. The number of hydrogen-bond donors (Lipinski definition) is 2. The number of aromatic amines is 1. The number of nitriles is 1. The highest BCUT2D eigenvalue weighted by Gasteiger charge is 2.44. The van der Waals surface area contributed by atoms with Crippen LogP contribution in [-0.2, 0) is 11.2 Å². The summed E-state index contributed by atoms with van der Waals surface area (Å²) in [6.45, 7) is 0.572. The van der Waals surface area contributed by atoms with Crippen LogP contribution >= 0.6 is 0 Å². The minimum Gasteiger partial charge on any atom is -0.355 e. The van der Waals surface area contributed by atoms with Gasteiger partial charge in [0.1, 0.15) is 17.6 Å². The van der Waals surface area contributed by atoms with Crippen LogP contribution in [0.4, 0.5) is 0 Å². The Labute approximate surface area is 99.4 Å². The van der Waals surface area contributed by atoms with Gasteiger partial charge < -0.3 is 5.32 Å². The second-order valence-corrected chi connectivity index (χ2v) is 4.34. The Hall–Kier alpha value is -1.90. The van der Waals surface area contributed by atoms with Crippen molar-refractivity contribution in [2.75, 3.05) is 6.54 Å². The van der Waals surface area contributed by atoms with Crippen LogP contribution in [0.1, 0.15) is 31.5 Å². The molecule has 0 atom stereocenters. The fourth-order valence-corrected chi connectivity index (χ4v) is 1.90. The predicted molar refractivity (Wildman–Crippen MR) is 59.6 cm³/mol. The van der Waals surface area contributed by atoms with Crippen molar-refractivity contribution >= 4 is 5.91 Å². The molecule has 1 aliphatic rings. The highest BCUT2D eigenvalue weighted by molar-refractivity contribution is 5.86. The Balaban J connectivity index is 1.69. The zero-order chi connectivity index (χ0) is 12.1. The zero-order valence-electron chi connectivity index (χ0n) is 9.57. The summed E-state index contributed by atoms with van der Waals surface area (Å²) >= 11 is 0. The Morgan fingerprint density at radius 2 is 2.47 bits per heavy atom. The first-order valence-electron chi connectivity index (χ1n) is 5.81. The highest BCUT2D eigenvalue weighted by Crippen LogP contribution is 2.40. The van der Waals surface area contributed by atoms with E-state index >= 15 is 0 Å². The van der Waals surface area contributed by atoms with Gasteiger partial charge >= 0.3 is 0 Å². The molecule has 0 spiro atoms. The molecule has 0 aliphatic heterocycles. The molecule has 6 heteroatoms. The molecule has 1 aliphatic carbocycles. The molecule has 2 N–H and O–H groups in total. The number of rotatable bonds is 5. The van der Waals surface area contributed by atoms with Gasteiger partial charge in [-0.3, -0.25) is 9.89 Å². The molecule has 1 fully saturated rings. The van der Waals surface area contributed by atoms with E-state index in [1.165, 1.54) is 6.33 Å². The van der Waals surface area contributed by atoms with E-state index in [0.29, 0.717) is 19.4 Å². The van der Waals surface area contributed by atoms with E-state index in [0.717, 1.165) is 25.1 Å². The van der Waals surface area contributed by atoms with Crippen molar-refractivity contribution in [3.05, 3.63) is 12.2 Å². The molecule has 1 aromatic heterocycles. The average molecular weight is 233 g/mol. The molecule has 0 radical (unpaired) electrons. The number of amides is 1. The first kappa shape index (κ1) is 11.6. The molecule has 0 aromatic carbocycles. The van der Waals surface area contributed by atoms with Crippen LogP contribution in [-0.4, -0.2) is 27.6 Å². The molecule has 1 saturated carbocycles. The molecule has 2 rings (SSSR count). The Kier molecular flexibility index (Phi) is 3.38. The van der Waals surface area contributed by atoms with Crippen molar-refractivity contribution < 1.29 is 4.79 Å². The van der Waals surface area contributed by atoms with E-state index in [-0.39, 0.29) is 5.91 Å². The van der Waals surface area contributed by atoms with Crippen molar-refractivity contribution in [2.24, 2.45) is 5.41 Å². The number of aromatic nitrogens is 3.